The SMILES string of the molecule is CNC(C)(c1ccccc1C)C(F)F. The highest BCUT2D eigenvalue weighted by molar-refractivity contribution is 5.32. The molecule has 0 amide bonds. The van der Waals surface area contributed by atoms with E-state index in [2.05, 4.69) is 5.32 Å². The summed E-state index contributed by atoms with van der Waals surface area (Å²) in [6, 6.07) is 7.20. The van der Waals surface area contributed by atoms with Crippen LogP contribution in [0.2, 0.25) is 0 Å². The van der Waals surface area contributed by atoms with Gasteiger partial charge in [0.25, 0.3) is 6.43 Å². The Morgan fingerprint density at radius 2 is 1.86 bits per heavy atom. The first-order valence-electron chi connectivity index (χ1n) is 4.55. The second-order valence-corrected chi connectivity index (χ2v) is 3.57. The number of nitrogens with one attached hydrogen (secondary N) is 1. The van der Waals surface area contributed by atoms with Crippen molar-refractivity contribution < 1.29 is 8.78 Å². The van der Waals surface area contributed by atoms with E-state index in [0.717, 1.165) is 5.56 Å². The summed E-state index contributed by atoms with van der Waals surface area (Å²) in [4.78, 5) is 0. The standard InChI is InChI=1S/C11H15F2N/c1-8-6-4-5-7-9(8)11(2,14-3)10(12)13/h4-7,10,14H,1-3H3. The molecule has 0 bridgehead atoms. The minimum absolute atomic E-state index is 0.650. The van der Waals surface area contributed by atoms with Crippen LogP contribution in [0.15, 0.2) is 24.3 Å². The summed E-state index contributed by atoms with van der Waals surface area (Å²) in [5.74, 6) is 0. The van der Waals surface area contributed by atoms with Crippen LogP contribution in [0.1, 0.15) is 18.1 Å². The van der Waals surface area contributed by atoms with Gasteiger partial charge >= 0.3 is 0 Å². The summed E-state index contributed by atoms with van der Waals surface area (Å²) in [6.45, 7) is 3.35. The van der Waals surface area contributed by atoms with Gasteiger partial charge in [-0.15, -0.1) is 0 Å². The Hall–Kier alpha value is -0.960. The Labute approximate surface area is 83.1 Å². The van der Waals surface area contributed by atoms with Crippen molar-refractivity contribution in [2.75, 3.05) is 7.05 Å². The summed E-state index contributed by atoms with van der Waals surface area (Å²) in [7, 11) is 1.55. The lowest BCUT2D eigenvalue weighted by Gasteiger charge is -2.30. The lowest BCUT2D eigenvalue weighted by atomic mass is 9.89. The average Bonchev–Trinajstić information content (AvgIpc) is 2.17. The molecule has 0 aliphatic carbocycles. The molecule has 3 heteroatoms. The summed E-state index contributed by atoms with van der Waals surface area (Å²) in [6.07, 6.45) is -2.42. The van der Waals surface area contributed by atoms with Gasteiger partial charge in [-0.05, 0) is 32.0 Å². The zero-order chi connectivity index (χ0) is 10.8. The zero-order valence-electron chi connectivity index (χ0n) is 8.64. The second kappa shape index (κ2) is 4.05. The van der Waals surface area contributed by atoms with Gasteiger partial charge in [-0.25, -0.2) is 8.78 Å². The van der Waals surface area contributed by atoms with E-state index in [4.69, 9.17) is 0 Å². The highest BCUT2D eigenvalue weighted by Crippen LogP contribution is 2.29. The number of halogens is 2. The highest BCUT2D eigenvalue weighted by Gasteiger charge is 2.35. The van der Waals surface area contributed by atoms with Gasteiger partial charge < -0.3 is 5.32 Å². The number of alkyl halides is 2. The molecule has 0 fully saturated rings. The normalized spacial score (nSPS) is 15.6. The second-order valence-electron chi connectivity index (χ2n) is 3.57. The third-order valence-electron chi connectivity index (χ3n) is 2.66. The van der Waals surface area contributed by atoms with Gasteiger partial charge in [0, 0.05) is 0 Å². The largest absolute Gasteiger partial charge is 0.306 e. The van der Waals surface area contributed by atoms with Crippen LogP contribution in [0.25, 0.3) is 0 Å². The third-order valence-corrected chi connectivity index (χ3v) is 2.66. The molecule has 1 aromatic carbocycles. The zero-order valence-corrected chi connectivity index (χ0v) is 8.64. The third kappa shape index (κ3) is 1.77. The minimum Gasteiger partial charge on any atom is -0.306 e. The molecule has 78 valence electrons. The lowest BCUT2D eigenvalue weighted by molar-refractivity contribution is 0.0428. The van der Waals surface area contributed by atoms with Crippen molar-refractivity contribution in [3.8, 4) is 0 Å². The molecule has 1 atom stereocenters. The predicted octanol–water partition coefficient (Wildman–Crippen LogP) is 2.69. The smallest absolute Gasteiger partial charge is 0.260 e. The number of rotatable bonds is 3. The van der Waals surface area contributed by atoms with E-state index < -0.39 is 12.0 Å². The Bertz CT molecular complexity index is 312. The van der Waals surface area contributed by atoms with E-state index in [9.17, 15) is 8.78 Å². The minimum atomic E-state index is -2.42. The quantitative estimate of drug-likeness (QED) is 0.789. The summed E-state index contributed by atoms with van der Waals surface area (Å²) < 4.78 is 25.8. The number of benzene rings is 1. The molecule has 0 spiro atoms. The summed E-state index contributed by atoms with van der Waals surface area (Å²) in [5.41, 5.74) is 0.271. The van der Waals surface area contributed by atoms with Crippen molar-refractivity contribution in [2.24, 2.45) is 0 Å². The molecule has 1 rings (SSSR count). The Morgan fingerprint density at radius 3 is 2.29 bits per heavy atom. The van der Waals surface area contributed by atoms with Gasteiger partial charge in [0.1, 0.15) is 5.54 Å². The van der Waals surface area contributed by atoms with Crippen LogP contribution in [0.4, 0.5) is 8.78 Å². The molecule has 0 aromatic heterocycles. The number of hydrogen-bond acceptors (Lipinski definition) is 1. The van der Waals surface area contributed by atoms with Gasteiger partial charge in [0.05, 0.1) is 0 Å². The summed E-state index contributed by atoms with van der Waals surface area (Å²) >= 11 is 0. The van der Waals surface area contributed by atoms with Crippen molar-refractivity contribution in [2.45, 2.75) is 25.8 Å². The van der Waals surface area contributed by atoms with Crippen LogP contribution in [-0.4, -0.2) is 13.5 Å². The van der Waals surface area contributed by atoms with E-state index in [1.54, 1.807) is 19.2 Å². The maximum Gasteiger partial charge on any atom is 0.260 e. The van der Waals surface area contributed by atoms with E-state index in [0.29, 0.717) is 5.56 Å². The predicted molar refractivity (Wildman–Crippen MR) is 53.6 cm³/mol. The van der Waals surface area contributed by atoms with Crippen molar-refractivity contribution in [1.82, 2.24) is 5.32 Å². The first-order valence-corrected chi connectivity index (χ1v) is 4.55. The molecular formula is C11H15F2N. The molecule has 0 saturated carbocycles. The maximum absolute atomic E-state index is 12.9. The topological polar surface area (TPSA) is 12.0 Å². The van der Waals surface area contributed by atoms with Crippen LogP contribution < -0.4 is 5.32 Å². The van der Waals surface area contributed by atoms with Crippen LogP contribution in [0.3, 0.4) is 0 Å². The van der Waals surface area contributed by atoms with Gasteiger partial charge in [0.2, 0.25) is 0 Å². The Kier molecular flexibility index (Phi) is 3.21. The highest BCUT2D eigenvalue weighted by atomic mass is 19.3. The Morgan fingerprint density at radius 1 is 1.29 bits per heavy atom. The molecular weight excluding hydrogens is 184 g/mol. The van der Waals surface area contributed by atoms with Crippen LogP contribution in [0, 0.1) is 6.92 Å². The molecule has 1 N–H and O–H groups in total. The van der Waals surface area contributed by atoms with Crippen LogP contribution >= 0.6 is 0 Å². The number of hydrogen-bond donors (Lipinski definition) is 1. The molecule has 0 radical (unpaired) electrons. The Balaban J connectivity index is 3.19. The first kappa shape index (κ1) is 11.1. The van der Waals surface area contributed by atoms with Crippen molar-refractivity contribution >= 4 is 0 Å². The summed E-state index contributed by atoms with van der Waals surface area (Å²) in [5, 5.41) is 2.68. The van der Waals surface area contributed by atoms with E-state index in [-0.39, 0.29) is 0 Å². The molecule has 0 aliphatic rings. The molecule has 1 unspecified atom stereocenters. The lowest BCUT2D eigenvalue weighted by Crippen LogP contribution is -2.44. The van der Waals surface area contributed by atoms with Crippen molar-refractivity contribution in [3.05, 3.63) is 35.4 Å². The van der Waals surface area contributed by atoms with Crippen LogP contribution in [0.5, 0.6) is 0 Å². The molecule has 14 heavy (non-hydrogen) atoms. The fourth-order valence-electron chi connectivity index (χ4n) is 1.52. The van der Waals surface area contributed by atoms with E-state index >= 15 is 0 Å². The van der Waals surface area contributed by atoms with Crippen molar-refractivity contribution in [3.63, 3.8) is 0 Å². The van der Waals surface area contributed by atoms with E-state index in [1.807, 2.05) is 19.1 Å². The van der Waals surface area contributed by atoms with Gasteiger partial charge in [0.15, 0.2) is 0 Å². The van der Waals surface area contributed by atoms with Gasteiger partial charge in [-0.1, -0.05) is 24.3 Å². The van der Waals surface area contributed by atoms with Crippen LogP contribution in [-0.2, 0) is 5.54 Å². The maximum atomic E-state index is 12.9. The first-order chi connectivity index (χ1) is 6.52. The fraction of sp³-hybridized carbons (Fsp3) is 0.455. The molecule has 0 aliphatic heterocycles. The molecule has 0 heterocycles. The van der Waals surface area contributed by atoms with Gasteiger partial charge in [-0.3, -0.25) is 0 Å². The average molecular weight is 199 g/mol. The van der Waals surface area contributed by atoms with Crippen molar-refractivity contribution in [1.29, 1.82) is 0 Å². The molecule has 0 saturated heterocycles. The number of aryl methyl sites for hydroxylation is 1. The van der Waals surface area contributed by atoms with E-state index in [1.165, 1.54) is 6.92 Å². The molecule has 1 aromatic rings. The fourth-order valence-corrected chi connectivity index (χ4v) is 1.52. The van der Waals surface area contributed by atoms with Gasteiger partial charge in [-0.2, -0.15) is 0 Å². The molecule has 1 nitrogen and oxygen atoms in total. The monoisotopic (exact) mass is 199 g/mol.